The number of nitrogens with zero attached hydrogens (tertiary/aromatic N) is 1. The molecule has 0 fully saturated rings. The quantitative estimate of drug-likeness (QED) is 0.776. The van der Waals surface area contributed by atoms with Gasteiger partial charge in [-0.15, -0.1) is 0 Å². The maximum absolute atomic E-state index is 11.8. The van der Waals surface area contributed by atoms with Crippen LogP contribution in [0.5, 0.6) is 0 Å². The molecule has 4 nitrogen and oxygen atoms in total. The second-order valence-electron chi connectivity index (χ2n) is 3.37. The van der Waals surface area contributed by atoms with Crippen LogP contribution in [0.1, 0.15) is 16.8 Å². The SMILES string of the molecule is CSCC(CCO)NC(=O)c1ccncc1. The maximum Gasteiger partial charge on any atom is 0.251 e. The van der Waals surface area contributed by atoms with Crippen LogP contribution in [0.15, 0.2) is 24.5 Å². The molecule has 1 aromatic rings. The summed E-state index contributed by atoms with van der Waals surface area (Å²) in [6.07, 6.45) is 5.73. The Hall–Kier alpha value is -1.07. The first-order valence-corrected chi connectivity index (χ1v) is 6.48. The molecule has 88 valence electrons. The molecule has 1 amide bonds. The third-order valence-corrected chi connectivity index (χ3v) is 2.86. The van der Waals surface area contributed by atoms with Crippen LogP contribution in [0.3, 0.4) is 0 Å². The first-order chi connectivity index (χ1) is 7.77. The van der Waals surface area contributed by atoms with Gasteiger partial charge < -0.3 is 10.4 Å². The van der Waals surface area contributed by atoms with E-state index in [9.17, 15) is 4.79 Å². The Labute approximate surface area is 99.5 Å². The fraction of sp³-hybridized carbons (Fsp3) is 0.455. The summed E-state index contributed by atoms with van der Waals surface area (Å²) in [6, 6.07) is 3.36. The van der Waals surface area contributed by atoms with Crippen LogP contribution in [-0.4, -0.2) is 40.7 Å². The molecule has 0 saturated heterocycles. The van der Waals surface area contributed by atoms with Crippen LogP contribution in [0.2, 0.25) is 0 Å². The van der Waals surface area contributed by atoms with Crippen molar-refractivity contribution in [2.24, 2.45) is 0 Å². The lowest BCUT2D eigenvalue weighted by Crippen LogP contribution is -2.37. The number of amides is 1. The van der Waals surface area contributed by atoms with Crippen LogP contribution in [-0.2, 0) is 0 Å². The van der Waals surface area contributed by atoms with Crippen LogP contribution >= 0.6 is 11.8 Å². The summed E-state index contributed by atoms with van der Waals surface area (Å²) >= 11 is 1.65. The van der Waals surface area contributed by atoms with Crippen molar-refractivity contribution in [3.8, 4) is 0 Å². The molecular weight excluding hydrogens is 224 g/mol. The predicted octanol–water partition coefficient (Wildman–Crippen LogP) is 0.925. The number of carbonyl (C=O) groups is 1. The lowest BCUT2D eigenvalue weighted by Gasteiger charge is -2.16. The van der Waals surface area contributed by atoms with Gasteiger partial charge in [-0.05, 0) is 24.8 Å². The number of aliphatic hydroxyl groups excluding tert-OH is 1. The van der Waals surface area contributed by atoms with E-state index >= 15 is 0 Å². The Kier molecular flexibility index (Phi) is 5.88. The van der Waals surface area contributed by atoms with Crippen molar-refractivity contribution in [1.82, 2.24) is 10.3 Å². The Morgan fingerprint density at radius 2 is 2.25 bits per heavy atom. The third kappa shape index (κ3) is 4.20. The Morgan fingerprint density at radius 3 is 2.81 bits per heavy atom. The number of aromatic nitrogens is 1. The molecule has 0 aromatic carbocycles. The van der Waals surface area contributed by atoms with E-state index in [4.69, 9.17) is 5.11 Å². The van der Waals surface area contributed by atoms with Crippen molar-refractivity contribution >= 4 is 17.7 Å². The summed E-state index contributed by atoms with van der Waals surface area (Å²) in [5.41, 5.74) is 0.596. The van der Waals surface area contributed by atoms with Crippen LogP contribution in [0.4, 0.5) is 0 Å². The molecule has 0 bridgehead atoms. The van der Waals surface area contributed by atoms with E-state index in [1.54, 1.807) is 36.3 Å². The normalized spacial score (nSPS) is 12.1. The minimum Gasteiger partial charge on any atom is -0.396 e. The smallest absolute Gasteiger partial charge is 0.251 e. The molecule has 1 atom stereocenters. The first-order valence-electron chi connectivity index (χ1n) is 5.08. The molecule has 1 aromatic heterocycles. The summed E-state index contributed by atoms with van der Waals surface area (Å²) in [5, 5.41) is 11.8. The Morgan fingerprint density at radius 1 is 1.56 bits per heavy atom. The Bertz CT molecular complexity index is 313. The van der Waals surface area contributed by atoms with Gasteiger partial charge in [-0.3, -0.25) is 9.78 Å². The fourth-order valence-electron chi connectivity index (χ4n) is 1.33. The lowest BCUT2D eigenvalue weighted by molar-refractivity contribution is 0.0935. The minimum atomic E-state index is -0.116. The van der Waals surface area contributed by atoms with Crippen LogP contribution < -0.4 is 5.32 Å². The van der Waals surface area contributed by atoms with E-state index in [-0.39, 0.29) is 18.6 Å². The lowest BCUT2D eigenvalue weighted by atomic mass is 10.2. The number of hydrogen-bond acceptors (Lipinski definition) is 4. The van der Waals surface area contributed by atoms with E-state index in [1.165, 1.54) is 0 Å². The van der Waals surface area contributed by atoms with Gasteiger partial charge in [0, 0.05) is 36.4 Å². The number of hydrogen-bond donors (Lipinski definition) is 2. The molecule has 2 N–H and O–H groups in total. The summed E-state index contributed by atoms with van der Waals surface area (Å²) in [5.74, 6) is 0.687. The van der Waals surface area contributed by atoms with Gasteiger partial charge in [0.15, 0.2) is 0 Å². The largest absolute Gasteiger partial charge is 0.396 e. The third-order valence-electron chi connectivity index (χ3n) is 2.12. The average Bonchev–Trinajstić information content (AvgIpc) is 2.31. The maximum atomic E-state index is 11.8. The molecule has 1 heterocycles. The van der Waals surface area contributed by atoms with Crippen molar-refractivity contribution in [3.63, 3.8) is 0 Å². The van der Waals surface area contributed by atoms with Crippen LogP contribution in [0.25, 0.3) is 0 Å². The standard InChI is InChI=1S/C11H16N2O2S/c1-16-8-10(4-7-14)13-11(15)9-2-5-12-6-3-9/h2-3,5-6,10,14H,4,7-8H2,1H3,(H,13,15). The second-order valence-corrected chi connectivity index (χ2v) is 4.28. The van der Waals surface area contributed by atoms with Gasteiger partial charge in [-0.25, -0.2) is 0 Å². The summed E-state index contributed by atoms with van der Waals surface area (Å²) in [7, 11) is 0. The van der Waals surface area contributed by atoms with Gasteiger partial charge in [0.25, 0.3) is 5.91 Å². The van der Waals surface area contributed by atoms with E-state index < -0.39 is 0 Å². The van der Waals surface area contributed by atoms with Crippen molar-refractivity contribution in [2.75, 3.05) is 18.6 Å². The van der Waals surface area contributed by atoms with Gasteiger partial charge in [-0.2, -0.15) is 11.8 Å². The zero-order valence-electron chi connectivity index (χ0n) is 9.22. The highest BCUT2D eigenvalue weighted by atomic mass is 32.2. The molecule has 0 spiro atoms. The van der Waals surface area contributed by atoms with Crippen LogP contribution in [0, 0.1) is 0 Å². The zero-order chi connectivity index (χ0) is 11.8. The van der Waals surface area contributed by atoms with Crippen molar-refractivity contribution in [1.29, 1.82) is 0 Å². The van der Waals surface area contributed by atoms with Gasteiger partial charge in [-0.1, -0.05) is 0 Å². The highest BCUT2D eigenvalue weighted by Gasteiger charge is 2.12. The highest BCUT2D eigenvalue weighted by Crippen LogP contribution is 2.03. The molecule has 0 aliphatic heterocycles. The van der Waals surface area contributed by atoms with Gasteiger partial charge in [0.2, 0.25) is 0 Å². The summed E-state index contributed by atoms with van der Waals surface area (Å²) in [4.78, 5) is 15.6. The summed E-state index contributed by atoms with van der Waals surface area (Å²) in [6.45, 7) is 0.0852. The monoisotopic (exact) mass is 240 g/mol. The van der Waals surface area contributed by atoms with E-state index in [0.717, 1.165) is 5.75 Å². The second kappa shape index (κ2) is 7.24. The molecule has 0 aliphatic rings. The number of rotatable bonds is 6. The number of carbonyl (C=O) groups excluding carboxylic acids is 1. The molecule has 1 unspecified atom stereocenters. The Balaban J connectivity index is 2.54. The topological polar surface area (TPSA) is 62.2 Å². The van der Waals surface area contributed by atoms with Gasteiger partial charge in [0.1, 0.15) is 0 Å². The predicted molar refractivity (Wildman–Crippen MR) is 65.6 cm³/mol. The molecule has 0 aliphatic carbocycles. The van der Waals surface area contributed by atoms with Crippen molar-refractivity contribution < 1.29 is 9.90 Å². The van der Waals surface area contributed by atoms with Crippen molar-refractivity contribution in [2.45, 2.75) is 12.5 Å². The molecule has 1 rings (SSSR count). The molecule has 16 heavy (non-hydrogen) atoms. The molecule has 0 saturated carbocycles. The number of nitrogens with one attached hydrogen (secondary N) is 1. The van der Waals surface area contributed by atoms with Crippen molar-refractivity contribution in [3.05, 3.63) is 30.1 Å². The van der Waals surface area contributed by atoms with E-state index in [1.807, 2.05) is 6.26 Å². The number of pyridine rings is 1. The molecular formula is C11H16N2O2S. The highest BCUT2D eigenvalue weighted by molar-refractivity contribution is 7.98. The minimum absolute atomic E-state index is 0.0145. The number of thioether (sulfide) groups is 1. The fourth-order valence-corrected chi connectivity index (χ4v) is 1.98. The summed E-state index contributed by atoms with van der Waals surface area (Å²) < 4.78 is 0. The first kappa shape index (κ1) is 13.0. The molecule has 5 heteroatoms. The van der Waals surface area contributed by atoms with E-state index in [0.29, 0.717) is 12.0 Å². The van der Waals surface area contributed by atoms with E-state index in [2.05, 4.69) is 10.3 Å². The molecule has 0 radical (unpaired) electrons. The average molecular weight is 240 g/mol. The van der Waals surface area contributed by atoms with Gasteiger partial charge >= 0.3 is 0 Å². The zero-order valence-corrected chi connectivity index (χ0v) is 10.0. The van der Waals surface area contributed by atoms with Gasteiger partial charge in [0.05, 0.1) is 0 Å². The number of aliphatic hydroxyl groups is 1.